The van der Waals surface area contributed by atoms with E-state index < -0.39 is 6.61 Å². The van der Waals surface area contributed by atoms with Crippen molar-refractivity contribution in [2.75, 3.05) is 12.3 Å². The first kappa shape index (κ1) is 16.2. The van der Waals surface area contributed by atoms with Crippen molar-refractivity contribution in [3.8, 4) is 11.3 Å². The summed E-state index contributed by atoms with van der Waals surface area (Å²) in [4.78, 5) is 15.7. The van der Waals surface area contributed by atoms with Gasteiger partial charge in [0.1, 0.15) is 12.1 Å². The van der Waals surface area contributed by atoms with Crippen molar-refractivity contribution >= 4 is 33.4 Å². The lowest BCUT2D eigenvalue weighted by molar-refractivity contribution is -0.121. The van der Waals surface area contributed by atoms with Crippen LogP contribution in [0, 0.1) is 0 Å². The van der Waals surface area contributed by atoms with E-state index in [1.807, 2.05) is 30.5 Å². The van der Waals surface area contributed by atoms with E-state index in [0.717, 1.165) is 27.5 Å². The molecule has 3 aromatic heterocycles. The van der Waals surface area contributed by atoms with E-state index in [2.05, 4.69) is 20.3 Å². The van der Waals surface area contributed by atoms with Gasteiger partial charge in [0, 0.05) is 41.7 Å². The zero-order valence-corrected chi connectivity index (χ0v) is 14.0. The predicted molar refractivity (Wildman–Crippen MR) is 98.4 cm³/mol. The zero-order chi connectivity index (χ0) is 18.1. The van der Waals surface area contributed by atoms with Crippen molar-refractivity contribution in [1.82, 2.24) is 25.0 Å². The Hall–Kier alpha value is -3.26. The molecule has 0 aliphatic carbocycles. The number of aliphatic hydroxyl groups excluding tert-OH is 1. The lowest BCUT2D eigenvalue weighted by atomic mass is 10.1. The third-order valence-electron chi connectivity index (χ3n) is 4.36. The van der Waals surface area contributed by atoms with Crippen LogP contribution in [-0.2, 0) is 11.3 Å². The average Bonchev–Trinajstić information content (AvgIpc) is 3.31. The van der Waals surface area contributed by atoms with Gasteiger partial charge in [-0.15, -0.1) is 0 Å². The molecule has 0 radical (unpaired) electrons. The highest BCUT2D eigenvalue weighted by atomic mass is 16.3. The van der Waals surface area contributed by atoms with Crippen LogP contribution in [0.4, 0.5) is 5.82 Å². The van der Waals surface area contributed by atoms with E-state index in [4.69, 9.17) is 10.8 Å². The number of nitrogens with zero attached hydrogens (tertiary/aromatic N) is 4. The maximum atomic E-state index is 11.2. The topological polar surface area (TPSA) is 123 Å². The van der Waals surface area contributed by atoms with Gasteiger partial charge in [0.25, 0.3) is 0 Å². The quantitative estimate of drug-likeness (QED) is 0.488. The molecule has 8 nitrogen and oxygen atoms in total. The van der Waals surface area contributed by atoms with E-state index in [9.17, 15) is 4.79 Å². The fourth-order valence-electron chi connectivity index (χ4n) is 3.06. The summed E-state index contributed by atoms with van der Waals surface area (Å²) >= 11 is 0. The molecule has 1 aromatic carbocycles. The molecule has 4 aromatic rings. The molecule has 26 heavy (non-hydrogen) atoms. The molecule has 0 atom stereocenters. The number of aromatic amines is 1. The van der Waals surface area contributed by atoms with Crippen LogP contribution in [0.1, 0.15) is 12.8 Å². The van der Waals surface area contributed by atoms with Gasteiger partial charge in [0.2, 0.25) is 0 Å². The first-order chi connectivity index (χ1) is 12.7. The zero-order valence-electron chi connectivity index (χ0n) is 14.0. The molecule has 0 aliphatic heterocycles. The molecular weight excluding hydrogens is 332 g/mol. The van der Waals surface area contributed by atoms with Gasteiger partial charge in [-0.1, -0.05) is 12.1 Å². The van der Waals surface area contributed by atoms with Crippen LogP contribution in [0.15, 0.2) is 36.7 Å². The van der Waals surface area contributed by atoms with Crippen molar-refractivity contribution in [2.24, 2.45) is 0 Å². The molecule has 0 saturated heterocycles. The Morgan fingerprint density at radius 2 is 2.15 bits per heavy atom. The van der Waals surface area contributed by atoms with Crippen LogP contribution >= 0.6 is 0 Å². The number of nitrogens with one attached hydrogen (secondary N) is 1. The van der Waals surface area contributed by atoms with Gasteiger partial charge < -0.3 is 10.8 Å². The molecule has 0 unspecified atom stereocenters. The highest BCUT2D eigenvalue weighted by molar-refractivity contribution is 6.08. The number of nitrogens with two attached hydrogens (primary N) is 1. The molecule has 0 bridgehead atoms. The number of aryl methyl sites for hydroxylation is 1. The van der Waals surface area contributed by atoms with Crippen molar-refractivity contribution in [1.29, 1.82) is 0 Å². The van der Waals surface area contributed by atoms with E-state index in [1.54, 1.807) is 10.9 Å². The van der Waals surface area contributed by atoms with Crippen molar-refractivity contribution in [3.05, 3.63) is 36.7 Å². The van der Waals surface area contributed by atoms with Crippen LogP contribution in [0.3, 0.4) is 0 Å². The largest absolute Gasteiger partial charge is 0.389 e. The van der Waals surface area contributed by atoms with Gasteiger partial charge in [-0.25, -0.2) is 4.98 Å². The van der Waals surface area contributed by atoms with Gasteiger partial charge in [-0.2, -0.15) is 10.2 Å². The summed E-state index contributed by atoms with van der Waals surface area (Å²) in [7, 11) is 0. The highest BCUT2D eigenvalue weighted by Gasteiger charge is 2.12. The number of benzene rings is 1. The van der Waals surface area contributed by atoms with Gasteiger partial charge in [0.15, 0.2) is 11.6 Å². The lowest BCUT2D eigenvalue weighted by Gasteiger charge is -2.03. The van der Waals surface area contributed by atoms with Gasteiger partial charge >= 0.3 is 0 Å². The summed E-state index contributed by atoms with van der Waals surface area (Å²) < 4.78 is 1.77. The number of fused-ring (bicyclic) bond motifs is 3. The minimum absolute atomic E-state index is 0.167. The number of hydrogen-bond acceptors (Lipinski definition) is 6. The summed E-state index contributed by atoms with van der Waals surface area (Å²) in [5, 5.41) is 22.1. The molecule has 0 aliphatic rings. The number of Topliss-reactive ketones (excluding diaryl/α,β-unsaturated/α-hetero) is 1. The van der Waals surface area contributed by atoms with Gasteiger partial charge in [-0.05, 0) is 18.6 Å². The third kappa shape index (κ3) is 2.91. The minimum Gasteiger partial charge on any atom is -0.389 e. The number of hydrogen-bond donors (Lipinski definition) is 3. The van der Waals surface area contributed by atoms with Crippen LogP contribution in [0.2, 0.25) is 0 Å². The maximum Gasteiger partial charge on any atom is 0.158 e. The van der Waals surface area contributed by atoms with E-state index in [-0.39, 0.29) is 5.78 Å². The monoisotopic (exact) mass is 350 g/mol. The van der Waals surface area contributed by atoms with Gasteiger partial charge in [0.05, 0.1) is 11.2 Å². The fourth-order valence-corrected chi connectivity index (χ4v) is 3.06. The summed E-state index contributed by atoms with van der Waals surface area (Å²) in [5.41, 5.74) is 9.45. The number of aliphatic hydroxyl groups is 1. The number of pyridine rings is 1. The smallest absolute Gasteiger partial charge is 0.158 e. The molecule has 0 amide bonds. The number of H-pyrrole nitrogens is 1. The summed E-state index contributed by atoms with van der Waals surface area (Å²) in [6.45, 7) is 0.162. The maximum absolute atomic E-state index is 11.2. The van der Waals surface area contributed by atoms with E-state index >= 15 is 0 Å². The Bertz CT molecular complexity index is 1080. The number of nitrogen functional groups attached to an aromatic ring is 1. The Morgan fingerprint density at radius 1 is 1.27 bits per heavy atom. The van der Waals surface area contributed by atoms with E-state index in [1.165, 1.54) is 0 Å². The van der Waals surface area contributed by atoms with Crippen molar-refractivity contribution in [3.63, 3.8) is 0 Å². The van der Waals surface area contributed by atoms with Crippen LogP contribution in [-0.4, -0.2) is 42.5 Å². The summed E-state index contributed by atoms with van der Waals surface area (Å²) in [6.07, 6.45) is 4.57. The molecule has 3 heterocycles. The number of anilines is 1. The van der Waals surface area contributed by atoms with Crippen LogP contribution in [0.25, 0.3) is 33.1 Å². The Labute approximate surface area is 148 Å². The third-order valence-corrected chi connectivity index (χ3v) is 4.36. The van der Waals surface area contributed by atoms with Gasteiger partial charge in [-0.3, -0.25) is 14.6 Å². The number of rotatable bonds is 6. The van der Waals surface area contributed by atoms with Crippen molar-refractivity contribution < 1.29 is 9.90 Å². The normalized spacial score (nSPS) is 11.4. The number of ketones is 1. The average molecular weight is 350 g/mol. The van der Waals surface area contributed by atoms with Crippen LogP contribution < -0.4 is 5.73 Å². The number of carbonyl (C=O) groups excluding carboxylic acids is 1. The highest BCUT2D eigenvalue weighted by Crippen LogP contribution is 2.30. The SMILES string of the molecule is Nc1nc2cc(-c3ccn[nH]3)ccc2c2cn(CCCC(=O)CO)nc12. The number of carbonyl (C=O) groups is 1. The first-order valence-electron chi connectivity index (χ1n) is 8.34. The molecule has 0 spiro atoms. The Morgan fingerprint density at radius 3 is 2.92 bits per heavy atom. The minimum atomic E-state index is -0.415. The number of aromatic nitrogens is 5. The standard InChI is InChI=1S/C18H18N6O2/c19-18-17-14(9-24(23-17)7-1-2-12(26)10-25)13-4-3-11(8-16(13)21-18)15-5-6-20-22-15/h3-6,8-9,25H,1-2,7,10H2,(H2,19,21)(H,20,22). The molecule has 4 N–H and O–H groups in total. The Kier molecular flexibility index (Phi) is 4.10. The van der Waals surface area contributed by atoms with Crippen LogP contribution in [0.5, 0.6) is 0 Å². The molecule has 4 rings (SSSR count). The second-order valence-corrected chi connectivity index (χ2v) is 6.15. The van der Waals surface area contributed by atoms with Crippen molar-refractivity contribution in [2.45, 2.75) is 19.4 Å². The molecule has 8 heteroatoms. The fraction of sp³-hybridized carbons (Fsp3) is 0.222. The second-order valence-electron chi connectivity index (χ2n) is 6.15. The summed E-state index contributed by atoms with van der Waals surface area (Å²) in [5.74, 6) is 0.208. The first-order valence-corrected chi connectivity index (χ1v) is 8.34. The molecule has 0 fully saturated rings. The molecular formula is C18H18N6O2. The van der Waals surface area contributed by atoms with E-state index in [0.29, 0.717) is 30.7 Å². The summed E-state index contributed by atoms with van der Waals surface area (Å²) in [6, 6.07) is 7.87. The predicted octanol–water partition coefficient (Wildman–Crippen LogP) is 1.90. The molecule has 0 saturated carbocycles. The Balaban J connectivity index is 1.71. The lowest BCUT2D eigenvalue weighted by Crippen LogP contribution is -2.06. The molecule has 132 valence electrons. The second kappa shape index (κ2) is 6.57.